The molecule has 3 aromatic heterocycles. The van der Waals surface area contributed by atoms with Gasteiger partial charge in [-0.2, -0.15) is 4.37 Å². The standard InChI is InChI=1S/C20H22N6O5S/c1-11-6-14(25-7-12(8-25)18(28)24-2-4-31-5-3-24)23-17-15(11)16(27)13(19(29)30)9-26(17)20-21-10-22-32-20/h6,9-10,12,18,28H,2-5,7-8H2,1H3,(H,29,30). The van der Waals surface area contributed by atoms with Crippen molar-refractivity contribution in [3.63, 3.8) is 0 Å². The third kappa shape index (κ3) is 3.54. The fourth-order valence-corrected chi connectivity index (χ4v) is 4.75. The Bertz CT molecular complexity index is 1220. The van der Waals surface area contributed by atoms with Crippen molar-refractivity contribution in [2.24, 2.45) is 5.92 Å². The molecule has 2 N–H and O–H groups in total. The molecule has 12 heteroatoms. The minimum Gasteiger partial charge on any atom is -0.477 e. The SMILES string of the molecule is Cc1cc(N2CC(C(O)N3CCOCC3)C2)nc2c1c(=O)c(C(=O)O)cn2-c1ncns1. The van der Waals surface area contributed by atoms with Gasteiger partial charge in [0.1, 0.15) is 23.9 Å². The van der Waals surface area contributed by atoms with Crippen molar-refractivity contribution in [2.45, 2.75) is 13.2 Å². The second kappa shape index (κ2) is 8.20. The Morgan fingerprint density at radius 1 is 1.31 bits per heavy atom. The molecule has 2 aliphatic heterocycles. The van der Waals surface area contributed by atoms with Gasteiger partial charge >= 0.3 is 5.97 Å². The largest absolute Gasteiger partial charge is 0.477 e. The fraction of sp³-hybridized carbons (Fsp3) is 0.450. The quantitative estimate of drug-likeness (QED) is 0.551. The van der Waals surface area contributed by atoms with Crippen LogP contribution in [0.4, 0.5) is 5.82 Å². The average molecular weight is 459 g/mol. The van der Waals surface area contributed by atoms with Gasteiger partial charge in [-0.05, 0) is 18.6 Å². The molecule has 168 valence electrons. The number of morpholine rings is 1. The van der Waals surface area contributed by atoms with Gasteiger partial charge in [0.05, 0.1) is 18.6 Å². The fourth-order valence-electron chi connectivity index (χ4n) is 4.24. The van der Waals surface area contributed by atoms with E-state index in [1.807, 2.05) is 9.80 Å². The molecule has 3 aromatic rings. The third-order valence-electron chi connectivity index (χ3n) is 6.00. The van der Waals surface area contributed by atoms with Gasteiger partial charge in [-0.3, -0.25) is 14.3 Å². The number of ether oxygens (including phenoxy) is 1. The number of fused-ring (bicyclic) bond motifs is 1. The van der Waals surface area contributed by atoms with Crippen molar-refractivity contribution in [3.8, 4) is 5.13 Å². The van der Waals surface area contributed by atoms with Crippen molar-refractivity contribution < 1.29 is 19.7 Å². The van der Waals surface area contributed by atoms with Crippen molar-refractivity contribution in [1.29, 1.82) is 0 Å². The topological polar surface area (TPSA) is 134 Å². The van der Waals surface area contributed by atoms with Crippen LogP contribution in [0.25, 0.3) is 16.2 Å². The molecule has 11 nitrogen and oxygen atoms in total. The normalized spacial score (nSPS) is 18.6. The lowest BCUT2D eigenvalue weighted by molar-refractivity contribution is -0.0906. The van der Waals surface area contributed by atoms with E-state index < -0.39 is 17.6 Å². The molecule has 2 fully saturated rings. The Morgan fingerprint density at radius 3 is 2.72 bits per heavy atom. The first-order valence-corrected chi connectivity index (χ1v) is 11.0. The molecule has 2 aliphatic rings. The first-order valence-electron chi connectivity index (χ1n) is 10.3. The number of carbonyl (C=O) groups is 1. The molecule has 2 saturated heterocycles. The van der Waals surface area contributed by atoms with Crippen molar-refractivity contribution in [2.75, 3.05) is 44.3 Å². The Labute approximate surface area is 186 Å². The van der Waals surface area contributed by atoms with Gasteiger partial charge in [-0.15, -0.1) is 0 Å². The summed E-state index contributed by atoms with van der Waals surface area (Å²) in [6.07, 6.45) is 2.09. The summed E-state index contributed by atoms with van der Waals surface area (Å²) in [7, 11) is 0. The summed E-state index contributed by atoms with van der Waals surface area (Å²) in [6, 6.07) is 1.79. The Balaban J connectivity index is 1.50. The van der Waals surface area contributed by atoms with Gasteiger partial charge in [0.2, 0.25) is 10.6 Å². The number of carboxylic acids is 1. The Morgan fingerprint density at radius 2 is 2.06 bits per heavy atom. The van der Waals surface area contributed by atoms with E-state index in [4.69, 9.17) is 9.72 Å². The Hall–Kier alpha value is -2.93. The van der Waals surface area contributed by atoms with Crippen molar-refractivity contribution >= 4 is 34.4 Å². The summed E-state index contributed by atoms with van der Waals surface area (Å²) in [4.78, 5) is 37.5. The zero-order valence-corrected chi connectivity index (χ0v) is 18.2. The summed E-state index contributed by atoms with van der Waals surface area (Å²) < 4.78 is 10.9. The molecule has 1 unspecified atom stereocenters. The smallest absolute Gasteiger partial charge is 0.341 e. The number of hydrogen-bond donors (Lipinski definition) is 2. The molecule has 0 bridgehead atoms. The maximum absolute atomic E-state index is 12.9. The maximum atomic E-state index is 12.9. The van der Waals surface area contributed by atoms with E-state index in [9.17, 15) is 19.8 Å². The predicted octanol–water partition coefficient (Wildman–Crippen LogP) is 0.331. The molecule has 5 rings (SSSR count). The van der Waals surface area contributed by atoms with Crippen LogP contribution < -0.4 is 10.3 Å². The molecule has 0 aliphatic carbocycles. The highest BCUT2D eigenvalue weighted by molar-refractivity contribution is 7.08. The summed E-state index contributed by atoms with van der Waals surface area (Å²) >= 11 is 1.08. The number of hydrogen-bond acceptors (Lipinski definition) is 10. The monoisotopic (exact) mass is 458 g/mol. The molecular formula is C20H22N6O5S. The molecule has 32 heavy (non-hydrogen) atoms. The highest BCUT2D eigenvalue weighted by Gasteiger charge is 2.37. The first kappa shape index (κ1) is 20.9. The number of aryl methyl sites for hydroxylation is 1. The average Bonchev–Trinajstić information content (AvgIpc) is 3.27. The molecule has 5 heterocycles. The lowest BCUT2D eigenvalue weighted by Crippen LogP contribution is -2.58. The van der Waals surface area contributed by atoms with Gasteiger partial charge in [0.15, 0.2) is 5.65 Å². The van der Waals surface area contributed by atoms with Gasteiger partial charge in [-0.1, -0.05) is 0 Å². The van der Waals surface area contributed by atoms with E-state index in [0.29, 0.717) is 61.6 Å². The number of aromatic nitrogens is 4. The lowest BCUT2D eigenvalue weighted by Gasteiger charge is -2.46. The molecule has 0 aromatic carbocycles. The molecule has 0 saturated carbocycles. The number of aliphatic hydroxyl groups excluding tert-OH is 1. The van der Waals surface area contributed by atoms with Crippen LogP contribution in [0, 0.1) is 12.8 Å². The first-order chi connectivity index (χ1) is 15.4. The van der Waals surface area contributed by atoms with E-state index in [2.05, 4.69) is 9.36 Å². The van der Waals surface area contributed by atoms with Gasteiger partial charge < -0.3 is 19.8 Å². The molecule has 0 radical (unpaired) electrons. The van der Waals surface area contributed by atoms with Crippen LogP contribution >= 0.6 is 11.5 Å². The van der Waals surface area contributed by atoms with Crippen LogP contribution in [-0.2, 0) is 4.74 Å². The highest BCUT2D eigenvalue weighted by atomic mass is 32.1. The van der Waals surface area contributed by atoms with E-state index in [0.717, 1.165) is 11.5 Å². The van der Waals surface area contributed by atoms with E-state index in [1.54, 1.807) is 13.0 Å². The Kier molecular flexibility index (Phi) is 5.37. The summed E-state index contributed by atoms with van der Waals surface area (Å²) in [5.41, 5.74) is 0.0505. The minimum atomic E-state index is -1.30. The van der Waals surface area contributed by atoms with Crippen LogP contribution in [0.15, 0.2) is 23.4 Å². The van der Waals surface area contributed by atoms with Gasteiger partial charge in [0, 0.05) is 49.8 Å². The molecular weight excluding hydrogens is 436 g/mol. The number of nitrogens with zero attached hydrogens (tertiary/aromatic N) is 6. The van der Waals surface area contributed by atoms with E-state index in [-0.39, 0.29) is 16.9 Å². The van der Waals surface area contributed by atoms with Gasteiger partial charge in [0.25, 0.3) is 0 Å². The van der Waals surface area contributed by atoms with E-state index in [1.165, 1.54) is 17.1 Å². The van der Waals surface area contributed by atoms with Crippen LogP contribution in [0.3, 0.4) is 0 Å². The minimum absolute atomic E-state index is 0.0886. The van der Waals surface area contributed by atoms with Gasteiger partial charge in [-0.25, -0.2) is 14.8 Å². The van der Waals surface area contributed by atoms with Crippen molar-refractivity contribution in [3.05, 3.63) is 39.9 Å². The number of aromatic carboxylic acids is 1. The van der Waals surface area contributed by atoms with E-state index >= 15 is 0 Å². The second-order valence-electron chi connectivity index (χ2n) is 7.99. The number of anilines is 1. The predicted molar refractivity (Wildman–Crippen MR) is 117 cm³/mol. The lowest BCUT2D eigenvalue weighted by atomic mass is 9.96. The number of aliphatic hydroxyl groups is 1. The van der Waals surface area contributed by atoms with Crippen LogP contribution in [0.1, 0.15) is 15.9 Å². The van der Waals surface area contributed by atoms with Crippen LogP contribution in [0.5, 0.6) is 0 Å². The summed E-state index contributed by atoms with van der Waals surface area (Å²) in [6.45, 7) is 5.71. The summed E-state index contributed by atoms with van der Waals surface area (Å²) in [5.74, 6) is -0.548. The third-order valence-corrected chi connectivity index (χ3v) is 6.67. The molecule has 0 spiro atoms. The van der Waals surface area contributed by atoms with Crippen LogP contribution in [-0.4, -0.2) is 85.6 Å². The summed E-state index contributed by atoms with van der Waals surface area (Å²) in [5, 5.41) is 20.9. The molecule has 1 atom stereocenters. The number of rotatable bonds is 5. The zero-order valence-electron chi connectivity index (χ0n) is 17.3. The zero-order chi connectivity index (χ0) is 22.4. The number of pyridine rings is 2. The number of carboxylic acid groups (broad SMARTS) is 1. The molecule has 0 amide bonds. The van der Waals surface area contributed by atoms with Crippen LogP contribution in [0.2, 0.25) is 0 Å². The van der Waals surface area contributed by atoms with Crippen molar-refractivity contribution in [1.82, 2.24) is 23.8 Å². The highest BCUT2D eigenvalue weighted by Crippen LogP contribution is 2.30. The maximum Gasteiger partial charge on any atom is 0.341 e. The second-order valence-corrected chi connectivity index (χ2v) is 8.75.